The highest BCUT2D eigenvalue weighted by Gasteiger charge is 2.25. The number of carbonyl (C=O) groups is 1. The number of amides is 1. The molecule has 0 saturated carbocycles. The molecule has 2 aromatic carbocycles. The zero-order valence-electron chi connectivity index (χ0n) is 18.7. The minimum atomic E-state index is -3.41. The summed E-state index contributed by atoms with van der Waals surface area (Å²) in [6.07, 6.45) is 4.53. The maximum Gasteiger partial charge on any atom is 0.253 e. The lowest BCUT2D eigenvalue weighted by Gasteiger charge is -2.32. The Bertz CT molecular complexity index is 1220. The fourth-order valence-corrected chi connectivity index (χ4v) is 4.62. The first-order chi connectivity index (χ1) is 15.8. The molecule has 8 heteroatoms. The van der Waals surface area contributed by atoms with Crippen molar-refractivity contribution in [2.75, 3.05) is 24.1 Å². The number of rotatable bonds is 6. The summed E-state index contributed by atoms with van der Waals surface area (Å²) in [6, 6.07) is 18.7. The molecule has 1 N–H and O–H groups in total. The van der Waals surface area contributed by atoms with Gasteiger partial charge in [0, 0.05) is 30.9 Å². The van der Waals surface area contributed by atoms with Gasteiger partial charge in [0.1, 0.15) is 5.75 Å². The number of nitrogens with zero attached hydrogens (tertiary/aromatic N) is 2. The quantitative estimate of drug-likeness (QED) is 0.576. The maximum atomic E-state index is 13.0. The van der Waals surface area contributed by atoms with Gasteiger partial charge in [-0.15, -0.1) is 0 Å². The minimum Gasteiger partial charge on any atom is -0.439 e. The first-order valence-corrected chi connectivity index (χ1v) is 12.7. The molecule has 0 aliphatic carbocycles. The molecule has 172 valence electrons. The molecule has 33 heavy (non-hydrogen) atoms. The molecule has 4 rings (SSSR count). The van der Waals surface area contributed by atoms with Crippen LogP contribution in [0.2, 0.25) is 0 Å². The SMILES string of the molecule is Cc1ccc(C(=O)N2CCC(c3ccc(Oc4ccccn4)cc3)CC2)cc1NS(C)(=O)=O. The largest absolute Gasteiger partial charge is 0.439 e. The van der Waals surface area contributed by atoms with E-state index in [4.69, 9.17) is 4.74 Å². The van der Waals surface area contributed by atoms with E-state index in [9.17, 15) is 13.2 Å². The zero-order valence-corrected chi connectivity index (χ0v) is 19.5. The van der Waals surface area contributed by atoms with E-state index < -0.39 is 10.0 Å². The van der Waals surface area contributed by atoms with Crippen LogP contribution in [0.3, 0.4) is 0 Å². The molecule has 1 fully saturated rings. The number of nitrogens with one attached hydrogen (secondary N) is 1. The molecule has 3 aromatic rings. The number of anilines is 1. The molecule has 1 aliphatic rings. The monoisotopic (exact) mass is 465 g/mol. The third kappa shape index (κ3) is 5.90. The standard InChI is InChI=1S/C25H27N3O4S/c1-18-6-7-21(17-23(18)27-33(2,30)31)25(29)28-15-12-20(13-16-28)19-8-10-22(11-9-19)32-24-5-3-4-14-26-24/h3-11,14,17,20,27H,12-13,15-16H2,1-2H3. The number of pyridine rings is 1. The van der Waals surface area contributed by atoms with Crippen LogP contribution in [0, 0.1) is 6.92 Å². The van der Waals surface area contributed by atoms with Gasteiger partial charge in [0.15, 0.2) is 0 Å². The predicted molar refractivity (Wildman–Crippen MR) is 128 cm³/mol. The summed E-state index contributed by atoms with van der Waals surface area (Å²) in [5.74, 6) is 1.59. The van der Waals surface area contributed by atoms with E-state index in [-0.39, 0.29) is 5.91 Å². The molecular weight excluding hydrogens is 438 g/mol. The van der Waals surface area contributed by atoms with Crippen molar-refractivity contribution in [1.82, 2.24) is 9.88 Å². The second kappa shape index (κ2) is 9.62. The molecule has 0 radical (unpaired) electrons. The summed E-state index contributed by atoms with van der Waals surface area (Å²) >= 11 is 0. The predicted octanol–water partition coefficient (Wildman–Crippen LogP) is 4.57. The highest BCUT2D eigenvalue weighted by atomic mass is 32.2. The summed E-state index contributed by atoms with van der Waals surface area (Å²) in [6.45, 7) is 3.11. The number of ether oxygens (including phenoxy) is 1. The van der Waals surface area contributed by atoms with Crippen LogP contribution in [0.15, 0.2) is 66.9 Å². The Morgan fingerprint density at radius 2 is 1.79 bits per heavy atom. The number of carbonyl (C=O) groups excluding carboxylic acids is 1. The number of hydrogen-bond donors (Lipinski definition) is 1. The van der Waals surface area contributed by atoms with Gasteiger partial charge < -0.3 is 9.64 Å². The molecule has 1 aliphatic heterocycles. The molecule has 0 bridgehead atoms. The molecule has 1 amide bonds. The van der Waals surface area contributed by atoms with Crippen molar-refractivity contribution in [1.29, 1.82) is 0 Å². The highest BCUT2D eigenvalue weighted by Crippen LogP contribution is 2.31. The molecule has 2 heterocycles. The van der Waals surface area contributed by atoms with Crippen LogP contribution in [-0.2, 0) is 10.0 Å². The Hall–Kier alpha value is -3.39. The van der Waals surface area contributed by atoms with Gasteiger partial charge in [-0.2, -0.15) is 0 Å². The number of sulfonamides is 1. The summed E-state index contributed by atoms with van der Waals surface area (Å²) in [4.78, 5) is 19.0. The first kappa shape index (κ1) is 22.8. The average molecular weight is 466 g/mol. The zero-order chi connectivity index (χ0) is 23.4. The van der Waals surface area contributed by atoms with Crippen LogP contribution in [0.1, 0.15) is 40.2 Å². The van der Waals surface area contributed by atoms with Crippen molar-refractivity contribution in [3.63, 3.8) is 0 Å². The van der Waals surface area contributed by atoms with Gasteiger partial charge in [0.25, 0.3) is 5.91 Å². The topological polar surface area (TPSA) is 88.6 Å². The summed E-state index contributed by atoms with van der Waals surface area (Å²) in [5, 5.41) is 0. The molecule has 0 unspecified atom stereocenters. The van der Waals surface area contributed by atoms with Crippen LogP contribution in [0.5, 0.6) is 11.6 Å². The van der Waals surface area contributed by atoms with Crippen molar-refractivity contribution in [2.24, 2.45) is 0 Å². The molecule has 0 atom stereocenters. The van der Waals surface area contributed by atoms with Crippen LogP contribution in [-0.4, -0.2) is 43.6 Å². The van der Waals surface area contributed by atoms with E-state index in [1.807, 2.05) is 35.2 Å². The Balaban J connectivity index is 1.37. The fraction of sp³-hybridized carbons (Fsp3) is 0.280. The number of hydrogen-bond acceptors (Lipinski definition) is 5. The number of aromatic nitrogens is 1. The fourth-order valence-electron chi connectivity index (χ4n) is 4.00. The van der Waals surface area contributed by atoms with E-state index in [1.165, 1.54) is 5.56 Å². The molecule has 7 nitrogen and oxygen atoms in total. The normalized spacial score (nSPS) is 14.7. The number of piperidine rings is 1. The van der Waals surface area contributed by atoms with Crippen molar-refractivity contribution in [3.8, 4) is 11.6 Å². The molecular formula is C25H27N3O4S. The second-order valence-electron chi connectivity index (χ2n) is 8.31. The average Bonchev–Trinajstić information content (AvgIpc) is 2.80. The van der Waals surface area contributed by atoms with Gasteiger partial charge >= 0.3 is 0 Å². The van der Waals surface area contributed by atoms with Crippen molar-refractivity contribution >= 4 is 21.6 Å². The molecule has 1 aromatic heterocycles. The van der Waals surface area contributed by atoms with E-state index in [0.717, 1.165) is 30.4 Å². The first-order valence-electron chi connectivity index (χ1n) is 10.8. The Morgan fingerprint density at radius 1 is 1.06 bits per heavy atom. The van der Waals surface area contributed by atoms with Crippen molar-refractivity contribution in [2.45, 2.75) is 25.7 Å². The van der Waals surface area contributed by atoms with Crippen LogP contribution in [0.4, 0.5) is 5.69 Å². The third-order valence-corrected chi connectivity index (χ3v) is 6.36. The van der Waals surface area contributed by atoms with Crippen molar-refractivity contribution < 1.29 is 17.9 Å². The Labute approximate surface area is 194 Å². The number of aryl methyl sites for hydroxylation is 1. The Morgan fingerprint density at radius 3 is 2.42 bits per heavy atom. The molecule has 0 spiro atoms. The van der Waals surface area contributed by atoms with Crippen molar-refractivity contribution in [3.05, 3.63) is 83.6 Å². The van der Waals surface area contributed by atoms with E-state index in [2.05, 4.69) is 21.8 Å². The van der Waals surface area contributed by atoms with Gasteiger partial charge in [0.05, 0.1) is 11.9 Å². The highest BCUT2D eigenvalue weighted by molar-refractivity contribution is 7.92. The number of benzene rings is 2. The summed E-state index contributed by atoms with van der Waals surface area (Å²) < 4.78 is 31.4. The molecule has 1 saturated heterocycles. The minimum absolute atomic E-state index is 0.0795. The lowest BCUT2D eigenvalue weighted by molar-refractivity contribution is 0.0713. The smallest absolute Gasteiger partial charge is 0.253 e. The summed E-state index contributed by atoms with van der Waals surface area (Å²) in [7, 11) is -3.41. The van der Waals surface area contributed by atoms with E-state index in [1.54, 1.807) is 31.3 Å². The number of likely N-dealkylation sites (tertiary alicyclic amines) is 1. The van der Waals surface area contributed by atoms with E-state index >= 15 is 0 Å². The van der Waals surface area contributed by atoms with Gasteiger partial charge in [-0.1, -0.05) is 24.3 Å². The lowest BCUT2D eigenvalue weighted by atomic mass is 9.89. The van der Waals surface area contributed by atoms with Gasteiger partial charge in [-0.3, -0.25) is 9.52 Å². The van der Waals surface area contributed by atoms with Crippen LogP contribution >= 0.6 is 0 Å². The van der Waals surface area contributed by atoms with E-state index in [0.29, 0.717) is 36.1 Å². The van der Waals surface area contributed by atoms with Crippen LogP contribution in [0.25, 0.3) is 0 Å². The van der Waals surface area contributed by atoms with Gasteiger partial charge in [-0.25, -0.2) is 13.4 Å². The van der Waals surface area contributed by atoms with Gasteiger partial charge in [-0.05, 0) is 67.1 Å². The van der Waals surface area contributed by atoms with Gasteiger partial charge in [0.2, 0.25) is 15.9 Å². The third-order valence-electron chi connectivity index (χ3n) is 5.77. The summed E-state index contributed by atoms with van der Waals surface area (Å²) in [5.41, 5.74) is 2.92. The maximum absolute atomic E-state index is 13.0. The second-order valence-corrected chi connectivity index (χ2v) is 10.1. The van der Waals surface area contributed by atoms with Crippen LogP contribution < -0.4 is 9.46 Å². The lowest BCUT2D eigenvalue weighted by Crippen LogP contribution is -2.38. The Kier molecular flexibility index (Phi) is 6.65.